The highest BCUT2D eigenvalue weighted by molar-refractivity contribution is 7.92. The fraction of sp³-hybridized carbons (Fsp3) is 0.0455. The fourth-order valence-electron chi connectivity index (χ4n) is 2.94. The number of hydrogen-bond donors (Lipinski definition) is 1. The Bertz CT molecular complexity index is 1330. The molecule has 8 nitrogen and oxygen atoms in total. The van der Waals surface area contributed by atoms with E-state index < -0.39 is 14.9 Å². The summed E-state index contributed by atoms with van der Waals surface area (Å²) in [6.45, 7) is 1.89. The first-order valence-corrected chi connectivity index (χ1v) is 10.7. The third-order valence-electron chi connectivity index (χ3n) is 4.64. The monoisotopic (exact) mass is 435 g/mol. The molecule has 0 aliphatic rings. The summed E-state index contributed by atoms with van der Waals surface area (Å²) in [7, 11) is -3.68. The van der Waals surface area contributed by atoms with E-state index in [0.29, 0.717) is 22.7 Å². The molecule has 0 amide bonds. The normalized spacial score (nSPS) is 11.3. The van der Waals surface area contributed by atoms with Crippen LogP contribution in [0.2, 0.25) is 0 Å². The zero-order valence-corrected chi connectivity index (χ0v) is 17.2. The van der Waals surface area contributed by atoms with Crippen molar-refractivity contribution in [2.24, 2.45) is 0 Å². The Morgan fingerprint density at radius 2 is 1.52 bits per heavy atom. The van der Waals surface area contributed by atoms with Crippen LogP contribution >= 0.6 is 0 Å². The third kappa shape index (κ3) is 4.46. The molecular weight excluding hydrogens is 418 g/mol. The van der Waals surface area contributed by atoms with Crippen LogP contribution in [0, 0.1) is 17.0 Å². The zero-order valence-electron chi connectivity index (χ0n) is 16.3. The number of non-ortho nitro benzene ring substituents is 1. The van der Waals surface area contributed by atoms with Crippen LogP contribution in [0.4, 0.5) is 11.4 Å². The number of anilines is 1. The van der Waals surface area contributed by atoms with Gasteiger partial charge in [0.1, 0.15) is 5.69 Å². The van der Waals surface area contributed by atoms with Crippen molar-refractivity contribution in [3.63, 3.8) is 0 Å². The number of nitro benzene ring substituents is 1. The molecule has 4 rings (SSSR count). The van der Waals surface area contributed by atoms with Crippen molar-refractivity contribution in [2.45, 2.75) is 11.8 Å². The summed E-state index contributed by atoms with van der Waals surface area (Å²) in [4.78, 5) is 10.5. The topological polar surface area (TPSA) is 115 Å². The molecule has 4 aromatic rings. The van der Waals surface area contributed by atoms with Crippen molar-refractivity contribution in [2.75, 3.05) is 4.72 Å². The second-order valence-electron chi connectivity index (χ2n) is 6.88. The Morgan fingerprint density at radius 3 is 2.13 bits per heavy atom. The van der Waals surface area contributed by atoms with E-state index in [1.807, 2.05) is 6.92 Å². The fourth-order valence-corrected chi connectivity index (χ4v) is 3.99. The number of benzene rings is 3. The van der Waals surface area contributed by atoms with Gasteiger partial charge in [-0.25, -0.2) is 8.42 Å². The second kappa shape index (κ2) is 8.04. The number of nitrogens with zero attached hydrogens (tertiary/aromatic N) is 2. The van der Waals surface area contributed by atoms with Crippen LogP contribution in [0.25, 0.3) is 22.6 Å². The molecule has 0 saturated heterocycles. The van der Waals surface area contributed by atoms with E-state index in [9.17, 15) is 18.5 Å². The Morgan fingerprint density at radius 1 is 0.903 bits per heavy atom. The molecule has 1 aromatic heterocycles. The molecule has 156 valence electrons. The van der Waals surface area contributed by atoms with Gasteiger partial charge in [-0.05, 0) is 43.3 Å². The van der Waals surface area contributed by atoms with Crippen molar-refractivity contribution < 1.29 is 17.9 Å². The molecule has 0 unspecified atom stereocenters. The number of nitrogens with one attached hydrogen (secondary N) is 1. The van der Waals surface area contributed by atoms with Crippen molar-refractivity contribution in [3.8, 4) is 22.6 Å². The van der Waals surface area contributed by atoms with E-state index in [0.717, 1.165) is 11.1 Å². The van der Waals surface area contributed by atoms with Gasteiger partial charge in [-0.15, -0.1) is 0 Å². The van der Waals surface area contributed by atoms with Crippen LogP contribution < -0.4 is 4.72 Å². The molecule has 1 N–H and O–H groups in total. The number of sulfonamides is 1. The Balaban J connectivity index is 1.51. The van der Waals surface area contributed by atoms with E-state index in [1.165, 1.54) is 12.1 Å². The first kappa shape index (κ1) is 20.3. The van der Waals surface area contributed by atoms with Gasteiger partial charge in [0.15, 0.2) is 5.76 Å². The molecule has 3 aromatic carbocycles. The van der Waals surface area contributed by atoms with Gasteiger partial charge in [0.25, 0.3) is 15.7 Å². The van der Waals surface area contributed by atoms with Gasteiger partial charge in [-0.2, -0.15) is 0 Å². The zero-order chi connectivity index (χ0) is 22.0. The first-order valence-electron chi connectivity index (χ1n) is 9.23. The lowest BCUT2D eigenvalue weighted by Crippen LogP contribution is -2.12. The summed E-state index contributed by atoms with van der Waals surface area (Å²) < 4.78 is 32.9. The van der Waals surface area contributed by atoms with E-state index in [4.69, 9.17) is 4.52 Å². The van der Waals surface area contributed by atoms with Crippen molar-refractivity contribution in [1.29, 1.82) is 0 Å². The number of hydrogen-bond acceptors (Lipinski definition) is 6. The van der Waals surface area contributed by atoms with Gasteiger partial charge in [0.05, 0.1) is 9.82 Å². The Hall–Kier alpha value is -3.98. The van der Waals surface area contributed by atoms with Crippen LogP contribution in [0.3, 0.4) is 0 Å². The van der Waals surface area contributed by atoms with E-state index >= 15 is 0 Å². The van der Waals surface area contributed by atoms with Crippen LogP contribution in [-0.4, -0.2) is 18.5 Å². The minimum Gasteiger partial charge on any atom is -0.356 e. The van der Waals surface area contributed by atoms with Crippen LogP contribution in [0.15, 0.2) is 88.3 Å². The summed E-state index contributed by atoms with van der Waals surface area (Å²) in [5.74, 6) is 0.467. The summed E-state index contributed by atoms with van der Waals surface area (Å²) in [6.07, 6.45) is 0. The van der Waals surface area contributed by atoms with Gasteiger partial charge in [0.2, 0.25) is 0 Å². The Kier molecular flexibility index (Phi) is 5.26. The lowest BCUT2D eigenvalue weighted by atomic mass is 10.1. The highest BCUT2D eigenvalue weighted by Gasteiger charge is 2.15. The standard InChI is InChI=1S/C22H17N3O5S/c1-15-2-12-20(13-3-15)31(28,29)24-18-8-4-16(5-9-18)21-14-22(30-23-21)17-6-10-19(11-7-17)25(26)27/h2-14,24H,1H3. The number of aromatic nitrogens is 1. The van der Waals surface area contributed by atoms with Gasteiger partial charge in [0, 0.05) is 35.0 Å². The summed E-state index contributed by atoms with van der Waals surface area (Å²) in [5, 5.41) is 14.8. The lowest BCUT2D eigenvalue weighted by Gasteiger charge is -2.08. The molecule has 0 aliphatic carbocycles. The molecule has 1 heterocycles. The molecule has 0 atom stereocenters. The first-order chi connectivity index (χ1) is 14.8. The Labute approximate surface area is 178 Å². The third-order valence-corrected chi connectivity index (χ3v) is 6.03. The summed E-state index contributed by atoms with van der Waals surface area (Å²) >= 11 is 0. The highest BCUT2D eigenvalue weighted by Crippen LogP contribution is 2.28. The van der Waals surface area contributed by atoms with Crippen molar-refractivity contribution in [3.05, 3.63) is 94.5 Å². The molecule has 0 radical (unpaired) electrons. The highest BCUT2D eigenvalue weighted by atomic mass is 32.2. The largest absolute Gasteiger partial charge is 0.356 e. The van der Waals surface area contributed by atoms with E-state index in [2.05, 4.69) is 9.88 Å². The average molecular weight is 435 g/mol. The molecule has 0 fully saturated rings. The van der Waals surface area contributed by atoms with Gasteiger partial charge in [-0.3, -0.25) is 14.8 Å². The molecule has 0 aliphatic heterocycles. The van der Waals surface area contributed by atoms with Crippen LogP contribution in [0.5, 0.6) is 0 Å². The molecule has 0 bridgehead atoms. The van der Waals surface area contributed by atoms with Gasteiger partial charge in [-0.1, -0.05) is 35.0 Å². The number of aryl methyl sites for hydroxylation is 1. The van der Waals surface area contributed by atoms with Crippen LogP contribution in [-0.2, 0) is 10.0 Å². The predicted molar refractivity (Wildman–Crippen MR) is 116 cm³/mol. The van der Waals surface area contributed by atoms with Gasteiger partial charge < -0.3 is 4.52 Å². The maximum absolute atomic E-state index is 12.5. The summed E-state index contributed by atoms with van der Waals surface area (Å²) in [5.41, 5.74) is 3.34. The molecule has 0 saturated carbocycles. The number of rotatable bonds is 6. The summed E-state index contributed by atoms with van der Waals surface area (Å²) in [6, 6.07) is 21.0. The smallest absolute Gasteiger partial charge is 0.269 e. The SMILES string of the molecule is Cc1ccc(S(=O)(=O)Nc2ccc(-c3cc(-c4ccc([N+](=O)[O-])cc4)on3)cc2)cc1. The molecule has 0 spiro atoms. The molecular formula is C22H17N3O5S. The lowest BCUT2D eigenvalue weighted by molar-refractivity contribution is -0.384. The van der Waals surface area contributed by atoms with Crippen LogP contribution in [0.1, 0.15) is 5.56 Å². The maximum Gasteiger partial charge on any atom is 0.269 e. The molecule has 9 heteroatoms. The van der Waals surface area contributed by atoms with E-state index in [1.54, 1.807) is 66.7 Å². The van der Waals surface area contributed by atoms with Crippen molar-refractivity contribution in [1.82, 2.24) is 5.16 Å². The minimum absolute atomic E-state index is 0.00725. The second-order valence-corrected chi connectivity index (χ2v) is 8.56. The average Bonchev–Trinajstić information content (AvgIpc) is 3.25. The predicted octanol–water partition coefficient (Wildman–Crippen LogP) is 5.03. The molecule has 31 heavy (non-hydrogen) atoms. The minimum atomic E-state index is -3.68. The number of nitro groups is 1. The van der Waals surface area contributed by atoms with Crippen molar-refractivity contribution >= 4 is 21.4 Å². The maximum atomic E-state index is 12.5. The van der Waals surface area contributed by atoms with E-state index in [-0.39, 0.29) is 10.6 Å². The quantitative estimate of drug-likeness (QED) is 0.336. The van der Waals surface area contributed by atoms with Gasteiger partial charge >= 0.3 is 0 Å².